The van der Waals surface area contributed by atoms with E-state index in [-0.39, 0.29) is 46.0 Å². The van der Waals surface area contributed by atoms with Gasteiger partial charge in [-0.1, -0.05) is 37.0 Å². The SMILES string of the molecule is CC(C)CNS(=O)(=O)c1cc(C(=O)O[C@H]2CCOC2=O)c(Cl)cc1Cl. The molecule has 7 nitrogen and oxygen atoms in total. The number of rotatable bonds is 6. The summed E-state index contributed by atoms with van der Waals surface area (Å²) in [6, 6.07) is 2.19. The van der Waals surface area contributed by atoms with Crippen molar-refractivity contribution in [1.29, 1.82) is 0 Å². The number of halogens is 2. The molecule has 1 aromatic carbocycles. The third-order valence-electron chi connectivity index (χ3n) is 3.35. The zero-order chi connectivity index (χ0) is 18.8. The van der Waals surface area contributed by atoms with Crippen molar-refractivity contribution >= 4 is 45.2 Å². The predicted molar refractivity (Wildman–Crippen MR) is 91.3 cm³/mol. The second-order valence-corrected chi connectivity index (χ2v) is 8.41. The maximum Gasteiger partial charge on any atom is 0.347 e. The van der Waals surface area contributed by atoms with Crippen LogP contribution in [0.15, 0.2) is 17.0 Å². The molecule has 25 heavy (non-hydrogen) atoms. The van der Waals surface area contributed by atoms with E-state index in [9.17, 15) is 18.0 Å². The van der Waals surface area contributed by atoms with Crippen molar-refractivity contribution in [3.8, 4) is 0 Å². The minimum atomic E-state index is -3.94. The van der Waals surface area contributed by atoms with Crippen LogP contribution in [0.4, 0.5) is 0 Å². The van der Waals surface area contributed by atoms with Crippen molar-refractivity contribution in [2.75, 3.05) is 13.2 Å². The minimum absolute atomic E-state index is 0.0795. The van der Waals surface area contributed by atoms with E-state index in [0.29, 0.717) is 0 Å². The number of nitrogens with one attached hydrogen (secondary N) is 1. The zero-order valence-electron chi connectivity index (χ0n) is 13.5. The van der Waals surface area contributed by atoms with Crippen LogP contribution in [-0.2, 0) is 24.3 Å². The largest absolute Gasteiger partial charge is 0.463 e. The summed E-state index contributed by atoms with van der Waals surface area (Å²) in [7, 11) is -3.94. The van der Waals surface area contributed by atoms with Crippen molar-refractivity contribution in [1.82, 2.24) is 4.72 Å². The summed E-state index contributed by atoms with van der Waals surface area (Å²) in [5.74, 6) is -1.49. The lowest BCUT2D eigenvalue weighted by Crippen LogP contribution is -2.28. The lowest BCUT2D eigenvalue weighted by Gasteiger charge is -2.13. The maximum absolute atomic E-state index is 12.4. The van der Waals surface area contributed by atoms with Crippen LogP contribution in [-0.4, -0.2) is 39.6 Å². The molecule has 138 valence electrons. The van der Waals surface area contributed by atoms with Gasteiger partial charge in [-0.2, -0.15) is 0 Å². The molecule has 0 aliphatic carbocycles. The molecule has 1 saturated heterocycles. The van der Waals surface area contributed by atoms with Crippen LogP contribution in [0.2, 0.25) is 10.0 Å². The molecule has 0 aromatic heterocycles. The quantitative estimate of drug-likeness (QED) is 0.724. The Morgan fingerprint density at radius 1 is 1.36 bits per heavy atom. The molecule has 1 aliphatic rings. The first-order valence-electron chi connectivity index (χ1n) is 7.48. The summed E-state index contributed by atoms with van der Waals surface area (Å²) in [4.78, 5) is 23.4. The number of carbonyl (C=O) groups is 2. The fourth-order valence-electron chi connectivity index (χ4n) is 2.02. The smallest absolute Gasteiger partial charge is 0.347 e. The number of esters is 2. The average molecular weight is 410 g/mol. The fourth-order valence-corrected chi connectivity index (χ4v) is 4.08. The van der Waals surface area contributed by atoms with E-state index < -0.39 is 28.1 Å². The molecule has 0 amide bonds. The topological polar surface area (TPSA) is 98.8 Å². The monoisotopic (exact) mass is 409 g/mol. The van der Waals surface area contributed by atoms with Crippen LogP contribution in [0.25, 0.3) is 0 Å². The highest BCUT2D eigenvalue weighted by molar-refractivity contribution is 7.89. The summed E-state index contributed by atoms with van der Waals surface area (Å²) in [5.41, 5.74) is -0.198. The van der Waals surface area contributed by atoms with Crippen LogP contribution >= 0.6 is 23.2 Å². The molecule has 1 fully saturated rings. The molecule has 1 aromatic rings. The van der Waals surface area contributed by atoms with Gasteiger partial charge in [-0.3, -0.25) is 0 Å². The molecule has 1 aliphatic heterocycles. The summed E-state index contributed by atoms with van der Waals surface area (Å²) in [5, 5.41) is -0.206. The van der Waals surface area contributed by atoms with Gasteiger partial charge in [0.25, 0.3) is 0 Å². The highest BCUT2D eigenvalue weighted by Crippen LogP contribution is 2.29. The summed E-state index contributed by atoms with van der Waals surface area (Å²) >= 11 is 11.9. The van der Waals surface area contributed by atoms with Gasteiger partial charge in [-0.15, -0.1) is 0 Å². The van der Waals surface area contributed by atoms with Crippen LogP contribution in [0, 0.1) is 5.92 Å². The standard InChI is InChI=1S/C15H17Cl2NO6S/c1-8(2)7-18-25(21,22)13-5-9(10(16)6-11(13)17)14(19)24-12-3-4-23-15(12)20/h5-6,8,12,18H,3-4,7H2,1-2H3/t12-/m0/s1. The highest BCUT2D eigenvalue weighted by atomic mass is 35.5. The molecule has 10 heteroatoms. The molecule has 0 unspecified atom stereocenters. The van der Waals surface area contributed by atoms with Crippen LogP contribution in [0.1, 0.15) is 30.6 Å². The third-order valence-corrected chi connectivity index (χ3v) is 5.55. The molecule has 1 heterocycles. The molecule has 2 rings (SSSR count). The molecule has 0 radical (unpaired) electrons. The fraction of sp³-hybridized carbons (Fsp3) is 0.467. The lowest BCUT2D eigenvalue weighted by molar-refractivity contribution is -0.145. The van der Waals surface area contributed by atoms with Crippen molar-refractivity contribution in [3.05, 3.63) is 27.7 Å². The summed E-state index contributed by atoms with van der Waals surface area (Å²) < 4.78 is 36.9. The number of carbonyl (C=O) groups excluding carboxylic acids is 2. The van der Waals surface area contributed by atoms with Gasteiger partial charge in [0.15, 0.2) is 0 Å². The number of hydrogen-bond acceptors (Lipinski definition) is 6. The minimum Gasteiger partial charge on any atom is -0.463 e. The Kier molecular flexibility index (Phi) is 6.31. The molecule has 0 bridgehead atoms. The van der Waals surface area contributed by atoms with E-state index in [1.165, 1.54) is 0 Å². The van der Waals surface area contributed by atoms with E-state index in [1.807, 2.05) is 13.8 Å². The zero-order valence-corrected chi connectivity index (χ0v) is 15.9. The Morgan fingerprint density at radius 3 is 2.60 bits per heavy atom. The molecule has 0 spiro atoms. The maximum atomic E-state index is 12.4. The first kappa shape index (κ1) is 20.0. The van der Waals surface area contributed by atoms with Gasteiger partial charge in [-0.25, -0.2) is 22.7 Å². The molecular weight excluding hydrogens is 393 g/mol. The Morgan fingerprint density at radius 2 is 2.04 bits per heavy atom. The molecule has 0 saturated carbocycles. The Bertz CT molecular complexity index is 793. The second kappa shape index (κ2) is 7.90. The number of hydrogen-bond donors (Lipinski definition) is 1. The van der Waals surface area contributed by atoms with Gasteiger partial charge in [-0.05, 0) is 18.1 Å². The van der Waals surface area contributed by atoms with Gasteiger partial charge >= 0.3 is 11.9 Å². The van der Waals surface area contributed by atoms with Gasteiger partial charge < -0.3 is 9.47 Å². The Hall–Kier alpha value is -1.35. The van der Waals surface area contributed by atoms with E-state index in [4.69, 9.17) is 32.7 Å². The first-order valence-corrected chi connectivity index (χ1v) is 9.72. The number of sulfonamides is 1. The van der Waals surface area contributed by atoms with Crippen LogP contribution in [0.3, 0.4) is 0 Å². The number of ether oxygens (including phenoxy) is 2. The van der Waals surface area contributed by atoms with Crippen LogP contribution in [0.5, 0.6) is 0 Å². The molecule has 1 N–H and O–H groups in total. The van der Waals surface area contributed by atoms with E-state index in [0.717, 1.165) is 12.1 Å². The van der Waals surface area contributed by atoms with Gasteiger partial charge in [0.2, 0.25) is 16.1 Å². The Labute approximate surface area is 155 Å². The van der Waals surface area contributed by atoms with E-state index in [2.05, 4.69) is 4.72 Å². The predicted octanol–water partition coefficient (Wildman–Crippen LogP) is 2.40. The average Bonchev–Trinajstić information content (AvgIpc) is 2.90. The Balaban J connectivity index is 2.30. The van der Waals surface area contributed by atoms with Crippen molar-refractivity contribution in [2.24, 2.45) is 5.92 Å². The lowest BCUT2D eigenvalue weighted by atomic mass is 10.2. The molecular formula is C15H17Cl2NO6S. The number of benzene rings is 1. The van der Waals surface area contributed by atoms with E-state index in [1.54, 1.807) is 0 Å². The number of cyclic esters (lactones) is 1. The normalized spacial score (nSPS) is 17.6. The van der Waals surface area contributed by atoms with Gasteiger partial charge in [0.1, 0.15) is 4.90 Å². The first-order chi connectivity index (χ1) is 11.6. The summed E-state index contributed by atoms with van der Waals surface area (Å²) in [6.45, 7) is 4.05. The summed E-state index contributed by atoms with van der Waals surface area (Å²) in [6.07, 6.45) is -0.796. The van der Waals surface area contributed by atoms with Crippen molar-refractivity contribution < 1.29 is 27.5 Å². The second-order valence-electron chi connectivity index (χ2n) is 5.86. The third kappa shape index (κ3) is 4.84. The van der Waals surface area contributed by atoms with Gasteiger partial charge in [0.05, 0.1) is 22.2 Å². The van der Waals surface area contributed by atoms with Crippen LogP contribution < -0.4 is 4.72 Å². The highest BCUT2D eigenvalue weighted by Gasteiger charge is 2.32. The van der Waals surface area contributed by atoms with Crippen molar-refractivity contribution in [3.63, 3.8) is 0 Å². The van der Waals surface area contributed by atoms with Crippen molar-refractivity contribution in [2.45, 2.75) is 31.3 Å². The van der Waals surface area contributed by atoms with Gasteiger partial charge in [0, 0.05) is 13.0 Å². The molecule has 1 atom stereocenters. The van der Waals surface area contributed by atoms with E-state index >= 15 is 0 Å².